The van der Waals surface area contributed by atoms with Crippen molar-refractivity contribution in [3.63, 3.8) is 0 Å². The maximum absolute atomic E-state index is 11.5. The van der Waals surface area contributed by atoms with Crippen LogP contribution in [0.25, 0.3) is 0 Å². The van der Waals surface area contributed by atoms with Gasteiger partial charge in [0.2, 0.25) is 5.76 Å². The first-order valence-electron chi connectivity index (χ1n) is 12.1. The van der Waals surface area contributed by atoms with Crippen molar-refractivity contribution in [2.45, 2.75) is 128 Å². The zero-order valence-electron chi connectivity index (χ0n) is 19.1. The summed E-state index contributed by atoms with van der Waals surface area (Å²) in [4.78, 5) is 11.5. The monoisotopic (exact) mass is 428 g/mol. The van der Waals surface area contributed by atoms with Crippen molar-refractivity contribution in [2.24, 2.45) is 0 Å². The Labute approximate surface area is 182 Å². The number of cyclic esters (lactones) is 1. The highest BCUT2D eigenvalue weighted by Gasteiger charge is 2.41. The van der Waals surface area contributed by atoms with Crippen molar-refractivity contribution in [3.8, 4) is 0 Å². The Kier molecular flexibility index (Phi) is 14.7. The largest absolute Gasteiger partial charge is 0.499 e. The molecule has 0 spiro atoms. The van der Waals surface area contributed by atoms with E-state index in [9.17, 15) is 15.0 Å². The van der Waals surface area contributed by atoms with Crippen LogP contribution in [-0.4, -0.2) is 46.2 Å². The highest BCUT2D eigenvalue weighted by atomic mass is 16.6. The maximum Gasteiger partial charge on any atom is 0.378 e. The molecule has 0 aromatic rings. The van der Waals surface area contributed by atoms with Gasteiger partial charge in [0.15, 0.2) is 11.9 Å². The number of rotatable bonds is 19. The summed E-state index contributed by atoms with van der Waals surface area (Å²) in [6.45, 7) is 3.55. The lowest BCUT2D eigenvalue weighted by atomic mass is 10.0. The summed E-state index contributed by atoms with van der Waals surface area (Å²) in [6.07, 6.45) is 16.4. The second-order valence-electron chi connectivity index (χ2n) is 8.60. The van der Waals surface area contributed by atoms with Gasteiger partial charge in [-0.2, -0.15) is 0 Å². The van der Waals surface area contributed by atoms with Crippen molar-refractivity contribution in [1.29, 1.82) is 0 Å². The van der Waals surface area contributed by atoms with Gasteiger partial charge >= 0.3 is 5.97 Å². The van der Waals surface area contributed by atoms with E-state index >= 15 is 0 Å². The van der Waals surface area contributed by atoms with Crippen LogP contribution in [0, 0.1) is 0 Å². The molecule has 30 heavy (non-hydrogen) atoms. The number of ether oxygens (including phenoxy) is 2. The van der Waals surface area contributed by atoms with Crippen LogP contribution in [0.3, 0.4) is 0 Å². The molecule has 176 valence electrons. The number of hydrogen-bond acceptors (Lipinski definition) is 6. The van der Waals surface area contributed by atoms with Crippen molar-refractivity contribution in [2.75, 3.05) is 6.61 Å². The highest BCUT2D eigenvalue weighted by Crippen LogP contribution is 2.27. The van der Waals surface area contributed by atoms with E-state index in [-0.39, 0.29) is 11.9 Å². The number of aliphatic hydroxyl groups excluding tert-OH is 3. The number of aliphatic hydroxyl groups is 3. The molecule has 0 saturated heterocycles. The Morgan fingerprint density at radius 1 is 0.900 bits per heavy atom. The van der Waals surface area contributed by atoms with Crippen molar-refractivity contribution in [1.82, 2.24) is 0 Å². The first-order chi connectivity index (χ1) is 14.5. The lowest BCUT2D eigenvalue weighted by Gasteiger charge is -2.21. The molecule has 0 aliphatic carbocycles. The number of carbonyl (C=O) groups is 1. The second-order valence-corrected chi connectivity index (χ2v) is 8.60. The summed E-state index contributed by atoms with van der Waals surface area (Å²) in [5.41, 5.74) is 0. The Morgan fingerprint density at radius 3 is 1.83 bits per heavy atom. The van der Waals surface area contributed by atoms with Gasteiger partial charge in [0, 0.05) is 0 Å². The minimum Gasteiger partial charge on any atom is -0.499 e. The van der Waals surface area contributed by atoms with E-state index in [0.29, 0.717) is 0 Å². The van der Waals surface area contributed by atoms with E-state index < -0.39 is 30.5 Å². The Bertz CT molecular complexity index is 490. The van der Waals surface area contributed by atoms with Gasteiger partial charge in [0.05, 0.1) is 12.7 Å². The third kappa shape index (κ3) is 10.7. The van der Waals surface area contributed by atoms with Crippen molar-refractivity contribution in [3.05, 3.63) is 11.5 Å². The SMILES string of the molecule is CCCCCCCCCCCCCCCCC(C)OC1=C(O)C(=O)O[C@@H]1[C@@H](O)CO. The first kappa shape index (κ1) is 26.8. The molecule has 1 unspecified atom stereocenters. The molecule has 1 heterocycles. The van der Waals surface area contributed by atoms with Crippen LogP contribution >= 0.6 is 0 Å². The fourth-order valence-corrected chi connectivity index (χ4v) is 3.83. The van der Waals surface area contributed by atoms with Crippen LogP contribution in [0.1, 0.15) is 110 Å². The summed E-state index contributed by atoms with van der Waals surface area (Å²) in [7, 11) is 0. The molecule has 0 aromatic carbocycles. The van der Waals surface area contributed by atoms with Gasteiger partial charge in [-0.15, -0.1) is 0 Å². The highest BCUT2D eigenvalue weighted by molar-refractivity contribution is 5.89. The topological polar surface area (TPSA) is 96.2 Å². The predicted octanol–water partition coefficient (Wildman–Crippen LogP) is 5.31. The van der Waals surface area contributed by atoms with E-state index in [2.05, 4.69) is 6.92 Å². The third-order valence-corrected chi connectivity index (χ3v) is 5.75. The summed E-state index contributed by atoms with van der Waals surface area (Å²) in [5, 5.41) is 28.6. The number of carbonyl (C=O) groups excluding carboxylic acids is 1. The standard InChI is InChI=1S/C24H44O6/c1-3-4-5-6-7-8-9-10-11-12-13-14-15-16-17-19(2)29-23-21(27)24(28)30-22(23)20(26)18-25/h19-20,22,25-27H,3-18H2,1-2H3/t19?,20-,22+/m0/s1. The minimum atomic E-state index is -1.30. The predicted molar refractivity (Wildman–Crippen MR) is 118 cm³/mol. The van der Waals surface area contributed by atoms with Gasteiger partial charge < -0.3 is 24.8 Å². The minimum absolute atomic E-state index is 0.0700. The molecular weight excluding hydrogens is 384 g/mol. The average Bonchev–Trinajstić information content (AvgIpc) is 3.01. The summed E-state index contributed by atoms with van der Waals surface area (Å²) in [6, 6.07) is 0. The van der Waals surface area contributed by atoms with Crippen LogP contribution in [0.4, 0.5) is 0 Å². The molecule has 0 amide bonds. The summed E-state index contributed by atoms with van der Waals surface area (Å²) in [5.74, 6) is -1.61. The quantitative estimate of drug-likeness (QED) is 0.191. The molecule has 1 aliphatic heterocycles. The molecule has 6 heteroatoms. The fraction of sp³-hybridized carbons (Fsp3) is 0.875. The van der Waals surface area contributed by atoms with Crippen molar-refractivity contribution < 1.29 is 29.6 Å². The average molecular weight is 429 g/mol. The molecule has 6 nitrogen and oxygen atoms in total. The fourth-order valence-electron chi connectivity index (χ4n) is 3.83. The molecule has 3 atom stereocenters. The van der Waals surface area contributed by atoms with E-state index in [4.69, 9.17) is 14.6 Å². The first-order valence-corrected chi connectivity index (χ1v) is 12.1. The zero-order valence-corrected chi connectivity index (χ0v) is 19.1. The number of esters is 1. The molecule has 1 rings (SSSR count). The molecule has 0 bridgehead atoms. The second kappa shape index (κ2) is 16.4. The molecule has 0 radical (unpaired) electrons. The Balaban J connectivity index is 2.02. The van der Waals surface area contributed by atoms with Gasteiger partial charge in [-0.05, 0) is 19.8 Å². The van der Waals surface area contributed by atoms with E-state index in [1.54, 1.807) is 0 Å². The van der Waals surface area contributed by atoms with Crippen LogP contribution in [-0.2, 0) is 14.3 Å². The van der Waals surface area contributed by atoms with Gasteiger partial charge in [-0.3, -0.25) is 0 Å². The van der Waals surface area contributed by atoms with Crippen LogP contribution in [0.2, 0.25) is 0 Å². The Hall–Kier alpha value is -1.27. The van der Waals surface area contributed by atoms with Crippen LogP contribution < -0.4 is 0 Å². The maximum atomic E-state index is 11.5. The zero-order chi connectivity index (χ0) is 22.2. The van der Waals surface area contributed by atoms with E-state index in [0.717, 1.165) is 19.3 Å². The lowest BCUT2D eigenvalue weighted by Crippen LogP contribution is -2.33. The molecule has 0 aromatic heterocycles. The number of hydrogen-bond donors (Lipinski definition) is 3. The van der Waals surface area contributed by atoms with E-state index in [1.807, 2.05) is 6.92 Å². The van der Waals surface area contributed by atoms with Gasteiger partial charge in [-0.25, -0.2) is 4.79 Å². The third-order valence-electron chi connectivity index (χ3n) is 5.75. The molecule has 3 N–H and O–H groups in total. The molecule has 0 fully saturated rings. The van der Waals surface area contributed by atoms with Crippen LogP contribution in [0.15, 0.2) is 11.5 Å². The van der Waals surface area contributed by atoms with Crippen LogP contribution in [0.5, 0.6) is 0 Å². The van der Waals surface area contributed by atoms with Gasteiger partial charge in [0.25, 0.3) is 0 Å². The van der Waals surface area contributed by atoms with Crippen molar-refractivity contribution >= 4 is 5.97 Å². The summed E-state index contributed by atoms with van der Waals surface area (Å²) < 4.78 is 10.5. The summed E-state index contributed by atoms with van der Waals surface area (Å²) >= 11 is 0. The number of unbranched alkanes of at least 4 members (excludes halogenated alkanes) is 13. The molecule has 1 aliphatic rings. The normalized spacial score (nSPS) is 18.5. The van der Waals surface area contributed by atoms with E-state index in [1.165, 1.54) is 77.0 Å². The van der Waals surface area contributed by atoms with Gasteiger partial charge in [0.1, 0.15) is 6.10 Å². The molecule has 0 saturated carbocycles. The Morgan fingerprint density at radius 2 is 1.37 bits per heavy atom. The lowest BCUT2D eigenvalue weighted by molar-refractivity contribution is -0.148. The molecular formula is C24H44O6. The van der Waals surface area contributed by atoms with Gasteiger partial charge in [-0.1, -0.05) is 90.4 Å². The smallest absolute Gasteiger partial charge is 0.378 e.